The summed E-state index contributed by atoms with van der Waals surface area (Å²) < 4.78 is 46.3. The van der Waals surface area contributed by atoms with Crippen molar-refractivity contribution < 1.29 is 52.3 Å². The number of hydrogen-bond donors (Lipinski definition) is 0. The molecule has 1 aromatic carbocycles. The highest BCUT2D eigenvalue weighted by molar-refractivity contribution is 5.62. The zero-order valence-corrected chi connectivity index (χ0v) is 29.8. The van der Waals surface area contributed by atoms with Gasteiger partial charge in [0, 0.05) is 11.8 Å². The number of aryl methyl sites for hydroxylation is 1. The number of carbonyl (C=O) groups excluding carboxylic acids is 3. The van der Waals surface area contributed by atoms with Crippen molar-refractivity contribution >= 4 is 18.5 Å². The van der Waals surface area contributed by atoms with Gasteiger partial charge in [0.05, 0.1) is 19.8 Å². The third kappa shape index (κ3) is 12.2. The first kappa shape index (κ1) is 39.1. The molecule has 2 heterocycles. The number of carbonyl (C=O) groups is 3. The van der Waals surface area contributed by atoms with Gasteiger partial charge in [-0.15, -0.1) is 0 Å². The first-order valence-corrected chi connectivity index (χ1v) is 15.9. The van der Waals surface area contributed by atoms with E-state index in [0.717, 1.165) is 14.7 Å². The van der Waals surface area contributed by atoms with Crippen molar-refractivity contribution in [1.82, 2.24) is 9.13 Å². The van der Waals surface area contributed by atoms with Gasteiger partial charge in [-0.05, 0) is 74.8 Å². The molecule has 3 rings (SSSR count). The van der Waals surface area contributed by atoms with E-state index in [0.29, 0.717) is 0 Å². The number of ether oxygens (including phenoxy) is 8. The number of benzene rings is 1. The van der Waals surface area contributed by atoms with Crippen molar-refractivity contribution in [2.75, 3.05) is 13.2 Å². The van der Waals surface area contributed by atoms with Crippen molar-refractivity contribution in [1.29, 1.82) is 0 Å². The Morgan fingerprint density at radius 3 is 1.86 bits per heavy atom. The van der Waals surface area contributed by atoms with Gasteiger partial charge in [0.1, 0.15) is 29.5 Å². The first-order valence-electron chi connectivity index (χ1n) is 15.9. The summed E-state index contributed by atoms with van der Waals surface area (Å²) >= 11 is 0. The van der Waals surface area contributed by atoms with Crippen LogP contribution in [0.5, 0.6) is 0 Å². The van der Waals surface area contributed by atoms with Crippen LogP contribution in [0.25, 0.3) is 0 Å². The van der Waals surface area contributed by atoms with E-state index in [1.807, 2.05) is 30.3 Å². The lowest BCUT2D eigenvalue weighted by molar-refractivity contribution is -0.0883. The van der Waals surface area contributed by atoms with E-state index in [9.17, 15) is 24.0 Å². The number of nitrogens with zero attached hydrogens (tertiary/aromatic N) is 2. The Kier molecular flexibility index (Phi) is 12.7. The molecule has 0 N–H and O–H groups in total. The van der Waals surface area contributed by atoms with Gasteiger partial charge in [0.15, 0.2) is 18.4 Å². The van der Waals surface area contributed by atoms with Crippen molar-refractivity contribution in [3.63, 3.8) is 0 Å². The molecule has 1 aliphatic rings. The molecule has 1 aliphatic heterocycles. The minimum atomic E-state index is -1.55. The molecule has 0 aliphatic carbocycles. The highest BCUT2D eigenvalue weighted by atomic mass is 16.8. The van der Waals surface area contributed by atoms with Crippen LogP contribution in [-0.4, -0.2) is 75.9 Å². The quantitative estimate of drug-likeness (QED) is 0.185. The minimum Gasteiger partial charge on any atom is -0.431 e. The van der Waals surface area contributed by atoms with Crippen LogP contribution in [0.2, 0.25) is 0 Å². The van der Waals surface area contributed by atoms with E-state index in [-0.39, 0.29) is 25.3 Å². The second-order valence-corrected chi connectivity index (χ2v) is 14.4. The summed E-state index contributed by atoms with van der Waals surface area (Å²) in [4.78, 5) is 65.4. The number of hydrogen-bond acceptors (Lipinski definition) is 13. The summed E-state index contributed by atoms with van der Waals surface area (Å²) in [7, 11) is 0. The third-order valence-corrected chi connectivity index (χ3v) is 6.50. The van der Waals surface area contributed by atoms with E-state index in [4.69, 9.17) is 37.9 Å². The normalized spacial score (nSPS) is 19.6. The predicted octanol–water partition coefficient (Wildman–Crippen LogP) is 5.02. The average molecular weight is 693 g/mol. The van der Waals surface area contributed by atoms with Crippen LogP contribution in [0.15, 0.2) is 46.1 Å². The molecule has 0 saturated carbocycles. The maximum absolute atomic E-state index is 13.9. The second-order valence-electron chi connectivity index (χ2n) is 14.4. The molecule has 272 valence electrons. The van der Waals surface area contributed by atoms with Crippen LogP contribution in [0.4, 0.5) is 14.4 Å². The van der Waals surface area contributed by atoms with Crippen LogP contribution in [0.3, 0.4) is 0 Å². The monoisotopic (exact) mass is 692 g/mol. The van der Waals surface area contributed by atoms with Crippen LogP contribution >= 0.6 is 0 Å². The van der Waals surface area contributed by atoms with Crippen LogP contribution < -0.4 is 11.2 Å². The minimum absolute atomic E-state index is 0.0214. The molecule has 0 amide bonds. The van der Waals surface area contributed by atoms with Crippen molar-refractivity contribution in [2.24, 2.45) is 0 Å². The Morgan fingerprint density at radius 2 is 1.31 bits per heavy atom. The summed E-state index contributed by atoms with van der Waals surface area (Å²) in [5, 5.41) is 0. The fourth-order valence-corrected chi connectivity index (χ4v) is 4.59. The highest BCUT2D eigenvalue weighted by Gasteiger charge is 2.53. The summed E-state index contributed by atoms with van der Waals surface area (Å²) in [5.41, 5.74) is -3.16. The molecule has 4 atom stereocenters. The van der Waals surface area contributed by atoms with Crippen molar-refractivity contribution in [2.45, 2.75) is 124 Å². The zero-order chi connectivity index (χ0) is 36.7. The number of rotatable bonds is 10. The highest BCUT2D eigenvalue weighted by Crippen LogP contribution is 2.35. The van der Waals surface area contributed by atoms with Gasteiger partial charge < -0.3 is 37.9 Å². The first-order chi connectivity index (χ1) is 22.6. The summed E-state index contributed by atoms with van der Waals surface area (Å²) in [6, 6.07) is 9.37. The van der Waals surface area contributed by atoms with E-state index >= 15 is 0 Å². The lowest BCUT2D eigenvalue weighted by atomic mass is 10.1. The zero-order valence-electron chi connectivity index (χ0n) is 29.8. The molecule has 1 aromatic heterocycles. The molecule has 2 aromatic rings. The molecular formula is C34H48N2O13. The molecule has 1 saturated heterocycles. The largest absolute Gasteiger partial charge is 0.509 e. The number of aromatic nitrogens is 2. The average Bonchev–Trinajstić information content (AvgIpc) is 3.26. The Labute approximate surface area is 285 Å². The lowest BCUT2D eigenvalue weighted by Gasteiger charge is -2.28. The molecule has 0 radical (unpaired) electrons. The summed E-state index contributed by atoms with van der Waals surface area (Å²) in [6.45, 7) is 15.8. The Balaban J connectivity index is 2.01. The molecule has 15 heteroatoms. The van der Waals surface area contributed by atoms with Crippen LogP contribution in [0, 0.1) is 6.92 Å². The smallest absolute Gasteiger partial charge is 0.431 e. The second kappa shape index (κ2) is 15.9. The SMILES string of the molecule is Cc1cn([C@@H]2O[C@H](COC(=O)OC(C)(C)C)[C@H](OC(=O)OC(C)(C)C)C2OC(=O)OC(C)(C)C)c(=O)n(CCOCc2ccccc2)c1=O. The van der Waals surface area contributed by atoms with Crippen LogP contribution in [0.1, 0.15) is 79.7 Å². The maximum Gasteiger partial charge on any atom is 0.509 e. The van der Waals surface area contributed by atoms with Gasteiger partial charge in [0.25, 0.3) is 5.56 Å². The standard InChI is InChI=1S/C34H48N2O13/c1-21-18-36(28(38)35(26(21)37)16-17-42-19-22-14-12-11-13-15-22)27-25(46-31(41)49-34(8,9)10)24(45-30(40)48-33(5,6)7)23(44-27)20-43-29(39)47-32(2,3)4/h11-15,18,23-25,27H,16-17,19-20H2,1-10H3/t23-,24+,25?,27-/m1/s1. The van der Waals surface area contributed by atoms with E-state index < -0.39 is 77.7 Å². The molecule has 0 bridgehead atoms. The van der Waals surface area contributed by atoms with Crippen molar-refractivity contribution in [3.05, 3.63) is 68.5 Å². The Morgan fingerprint density at radius 1 is 0.776 bits per heavy atom. The van der Waals surface area contributed by atoms with Gasteiger partial charge in [-0.25, -0.2) is 19.2 Å². The van der Waals surface area contributed by atoms with Crippen molar-refractivity contribution in [3.8, 4) is 0 Å². The summed E-state index contributed by atoms with van der Waals surface area (Å²) in [5.74, 6) is 0. The molecule has 1 unspecified atom stereocenters. The maximum atomic E-state index is 13.9. The molecule has 49 heavy (non-hydrogen) atoms. The molecule has 0 spiro atoms. The van der Waals surface area contributed by atoms with Gasteiger partial charge in [-0.2, -0.15) is 0 Å². The Hall–Kier alpha value is -4.37. The molecule has 15 nitrogen and oxygen atoms in total. The van der Waals surface area contributed by atoms with E-state index in [1.54, 1.807) is 62.3 Å². The lowest BCUT2D eigenvalue weighted by Crippen LogP contribution is -2.47. The van der Waals surface area contributed by atoms with Gasteiger partial charge in [-0.3, -0.25) is 13.9 Å². The Bertz CT molecular complexity index is 1560. The van der Waals surface area contributed by atoms with Gasteiger partial charge in [-0.1, -0.05) is 30.3 Å². The van der Waals surface area contributed by atoms with Crippen LogP contribution in [-0.2, 0) is 51.0 Å². The predicted molar refractivity (Wildman–Crippen MR) is 174 cm³/mol. The fraction of sp³-hybridized carbons (Fsp3) is 0.618. The molecular weight excluding hydrogens is 644 g/mol. The topological polar surface area (TPSA) is 169 Å². The van der Waals surface area contributed by atoms with Gasteiger partial charge >= 0.3 is 24.2 Å². The van der Waals surface area contributed by atoms with E-state index in [2.05, 4.69) is 0 Å². The summed E-state index contributed by atoms with van der Waals surface area (Å²) in [6.07, 6.45) is -7.95. The molecule has 1 fully saturated rings. The van der Waals surface area contributed by atoms with E-state index in [1.165, 1.54) is 13.1 Å². The third-order valence-electron chi connectivity index (χ3n) is 6.50. The van der Waals surface area contributed by atoms with Gasteiger partial charge in [0.2, 0.25) is 0 Å². The fourth-order valence-electron chi connectivity index (χ4n) is 4.59.